The molecule has 0 bridgehead atoms. The first-order valence-electron chi connectivity index (χ1n) is 11.8. The van der Waals surface area contributed by atoms with Gasteiger partial charge in [-0.3, -0.25) is 19.7 Å². The number of likely N-dealkylation sites (N-methyl/N-ethyl adjacent to an activating group) is 1. The molecule has 9 nitrogen and oxygen atoms in total. The Morgan fingerprint density at radius 1 is 1.23 bits per heavy atom. The lowest BCUT2D eigenvalue weighted by Crippen LogP contribution is -2.44. The summed E-state index contributed by atoms with van der Waals surface area (Å²) >= 11 is 1.80. The van der Waals surface area contributed by atoms with E-state index in [2.05, 4.69) is 69.6 Å². The Bertz CT molecular complexity index is 1270. The molecule has 2 amide bonds. The molecule has 1 atom stereocenters. The zero-order valence-corrected chi connectivity index (χ0v) is 21.1. The Morgan fingerprint density at radius 2 is 2.06 bits per heavy atom. The average Bonchev–Trinajstić information content (AvgIpc) is 3.50. The van der Waals surface area contributed by atoms with Crippen molar-refractivity contribution in [2.75, 3.05) is 39.0 Å². The number of aromatic amines is 1. The minimum atomic E-state index is -0.631. The summed E-state index contributed by atoms with van der Waals surface area (Å²) in [5.41, 5.74) is 2.26. The Kier molecular flexibility index (Phi) is 8.04. The van der Waals surface area contributed by atoms with Gasteiger partial charge in [-0.15, -0.1) is 11.3 Å². The fourth-order valence-corrected chi connectivity index (χ4v) is 4.96. The van der Waals surface area contributed by atoms with Crippen LogP contribution in [0.5, 0.6) is 0 Å². The van der Waals surface area contributed by atoms with Crippen molar-refractivity contribution < 1.29 is 9.59 Å². The second-order valence-electron chi connectivity index (χ2n) is 9.10. The van der Waals surface area contributed by atoms with Crippen molar-refractivity contribution in [2.45, 2.75) is 26.2 Å². The number of piperidine rings is 1. The number of anilines is 1. The zero-order chi connectivity index (χ0) is 24.8. The second kappa shape index (κ2) is 11.4. The summed E-state index contributed by atoms with van der Waals surface area (Å²) < 4.78 is 1.29. The van der Waals surface area contributed by atoms with E-state index in [1.807, 2.05) is 6.07 Å². The number of carbonyl (C=O) groups excluding carboxylic acids is 2. The van der Waals surface area contributed by atoms with Crippen molar-refractivity contribution in [1.29, 1.82) is 0 Å². The Balaban J connectivity index is 0.000000179. The van der Waals surface area contributed by atoms with Crippen LogP contribution in [-0.2, 0) is 16.0 Å². The Hall–Kier alpha value is -3.37. The van der Waals surface area contributed by atoms with Crippen LogP contribution in [0.4, 0.5) is 5.69 Å². The largest absolute Gasteiger partial charge is 0.334 e. The van der Waals surface area contributed by atoms with Gasteiger partial charge >= 0.3 is 11.8 Å². The minimum Gasteiger partial charge on any atom is -0.334 e. The van der Waals surface area contributed by atoms with Crippen LogP contribution in [0.3, 0.4) is 0 Å². The Labute approximate surface area is 208 Å². The number of rotatable bonds is 4. The lowest BCUT2D eigenvalue weighted by molar-refractivity contribution is -0.144. The predicted molar refractivity (Wildman–Crippen MR) is 139 cm³/mol. The van der Waals surface area contributed by atoms with Gasteiger partial charge in [0.15, 0.2) is 0 Å². The Morgan fingerprint density at radius 3 is 2.83 bits per heavy atom. The molecular weight excluding hydrogens is 462 g/mol. The highest BCUT2D eigenvalue weighted by atomic mass is 32.1. The molecule has 2 N–H and O–H groups in total. The standard InChI is InChI=1S/C14H17N5O2.C11H14N2S/c1-9-3-2-4-19(8-9)14(21)13(20)17-11-7-15-5-10-6-16-18-12(10)11;1-13(2)8-7-11-12-9-5-3-4-6-10(9)14-11/h5-7,9H,2-4,8H2,1H3,(H,16,18)(H,17,20);3-6H,7-8H2,1-2H3. The van der Waals surface area contributed by atoms with E-state index < -0.39 is 11.8 Å². The molecule has 3 aromatic heterocycles. The van der Waals surface area contributed by atoms with E-state index in [0.29, 0.717) is 30.2 Å². The molecule has 0 saturated carbocycles. The van der Waals surface area contributed by atoms with E-state index in [1.165, 1.54) is 15.9 Å². The molecule has 1 aromatic carbocycles. The summed E-state index contributed by atoms with van der Waals surface area (Å²) in [4.78, 5) is 36.7. The van der Waals surface area contributed by atoms with Crippen LogP contribution in [0.2, 0.25) is 0 Å². The molecule has 0 aliphatic carbocycles. The first-order chi connectivity index (χ1) is 16.9. The van der Waals surface area contributed by atoms with Crippen molar-refractivity contribution in [3.05, 3.63) is 47.9 Å². The van der Waals surface area contributed by atoms with Gasteiger partial charge in [0.05, 0.1) is 38.8 Å². The minimum absolute atomic E-state index is 0.438. The first kappa shape index (κ1) is 24.7. The number of amides is 2. The number of benzene rings is 1. The number of nitrogens with one attached hydrogen (secondary N) is 2. The highest BCUT2D eigenvalue weighted by Gasteiger charge is 2.26. The second-order valence-corrected chi connectivity index (χ2v) is 10.2. The van der Waals surface area contributed by atoms with Crippen LogP contribution in [0.15, 0.2) is 42.9 Å². The SMILES string of the molecule is CC1CCCN(C(=O)C(=O)Nc2cncc3cn[nH]c23)C1.CN(C)CCc1nc2ccccc2s1. The van der Waals surface area contributed by atoms with Crippen molar-refractivity contribution in [1.82, 2.24) is 30.0 Å². The topological polar surface area (TPSA) is 107 Å². The number of nitrogens with zero attached hydrogens (tertiary/aromatic N) is 5. The maximum Gasteiger partial charge on any atom is 0.314 e. The monoisotopic (exact) mass is 493 g/mol. The number of aromatic nitrogens is 4. The molecule has 1 aliphatic rings. The van der Waals surface area contributed by atoms with Crippen molar-refractivity contribution in [3.8, 4) is 0 Å². The maximum absolute atomic E-state index is 12.2. The van der Waals surface area contributed by atoms with Crippen molar-refractivity contribution in [2.24, 2.45) is 5.92 Å². The molecule has 4 heterocycles. The fourth-order valence-electron chi connectivity index (χ4n) is 4.00. The van der Waals surface area contributed by atoms with E-state index in [1.54, 1.807) is 28.6 Å². The van der Waals surface area contributed by atoms with E-state index in [0.717, 1.165) is 36.7 Å². The van der Waals surface area contributed by atoms with Gasteiger partial charge < -0.3 is 15.1 Å². The van der Waals surface area contributed by atoms with Crippen molar-refractivity contribution >= 4 is 50.0 Å². The van der Waals surface area contributed by atoms with Crippen LogP contribution in [0, 0.1) is 5.92 Å². The summed E-state index contributed by atoms with van der Waals surface area (Å²) in [5.74, 6) is -0.681. The molecule has 1 fully saturated rings. The molecule has 1 aliphatic heterocycles. The maximum atomic E-state index is 12.2. The third-order valence-electron chi connectivity index (χ3n) is 5.85. The number of fused-ring (bicyclic) bond motifs is 2. The van der Waals surface area contributed by atoms with Gasteiger partial charge in [-0.05, 0) is 45.0 Å². The number of likely N-dealkylation sites (tertiary alicyclic amines) is 1. The number of para-hydroxylation sites is 1. The van der Waals surface area contributed by atoms with Gasteiger partial charge in [-0.25, -0.2) is 4.98 Å². The molecule has 0 spiro atoms. The summed E-state index contributed by atoms with van der Waals surface area (Å²) in [7, 11) is 4.18. The van der Waals surface area contributed by atoms with Crippen LogP contribution in [0.1, 0.15) is 24.8 Å². The number of carbonyl (C=O) groups is 2. The molecule has 10 heteroatoms. The third kappa shape index (κ3) is 6.40. The average molecular weight is 494 g/mol. The van der Waals surface area contributed by atoms with E-state index in [4.69, 9.17) is 0 Å². The first-order valence-corrected chi connectivity index (χ1v) is 12.6. The van der Waals surface area contributed by atoms with Crippen LogP contribution in [-0.4, -0.2) is 75.5 Å². The van der Waals surface area contributed by atoms with E-state index >= 15 is 0 Å². The molecule has 0 radical (unpaired) electrons. The van der Waals surface area contributed by atoms with Gasteiger partial charge in [0.25, 0.3) is 0 Å². The predicted octanol–water partition coefficient (Wildman–Crippen LogP) is 3.56. The summed E-state index contributed by atoms with van der Waals surface area (Å²) in [6.45, 7) is 4.44. The molecule has 5 rings (SSSR count). The van der Waals surface area contributed by atoms with E-state index in [-0.39, 0.29) is 0 Å². The third-order valence-corrected chi connectivity index (χ3v) is 6.95. The van der Waals surface area contributed by atoms with Crippen LogP contribution < -0.4 is 5.32 Å². The number of hydrogen-bond acceptors (Lipinski definition) is 7. The smallest absolute Gasteiger partial charge is 0.314 e. The van der Waals surface area contributed by atoms with Gasteiger partial charge in [0.1, 0.15) is 0 Å². The highest BCUT2D eigenvalue weighted by Crippen LogP contribution is 2.22. The number of H-pyrrole nitrogens is 1. The van der Waals surface area contributed by atoms with Crippen LogP contribution >= 0.6 is 11.3 Å². The summed E-state index contributed by atoms with van der Waals surface area (Å²) in [5, 5.41) is 11.3. The number of thiazole rings is 1. The quantitative estimate of drug-likeness (QED) is 0.421. The molecule has 4 aromatic rings. The highest BCUT2D eigenvalue weighted by molar-refractivity contribution is 7.18. The van der Waals surface area contributed by atoms with Crippen molar-refractivity contribution in [3.63, 3.8) is 0 Å². The van der Waals surface area contributed by atoms with E-state index in [9.17, 15) is 9.59 Å². The molecule has 1 unspecified atom stereocenters. The normalized spacial score (nSPS) is 15.8. The fraction of sp³-hybridized carbons (Fsp3) is 0.400. The molecular formula is C25H31N7O2S. The van der Waals surface area contributed by atoms with Gasteiger partial charge in [-0.1, -0.05) is 19.1 Å². The van der Waals surface area contributed by atoms with Gasteiger partial charge in [0.2, 0.25) is 0 Å². The number of pyridine rings is 1. The van der Waals surface area contributed by atoms with Gasteiger partial charge in [-0.2, -0.15) is 5.10 Å². The lowest BCUT2D eigenvalue weighted by atomic mass is 10.0. The van der Waals surface area contributed by atoms with Crippen LogP contribution in [0.25, 0.3) is 21.1 Å². The lowest BCUT2D eigenvalue weighted by Gasteiger charge is -2.30. The summed E-state index contributed by atoms with van der Waals surface area (Å²) in [6.07, 6.45) is 7.85. The molecule has 184 valence electrons. The van der Waals surface area contributed by atoms with Gasteiger partial charge in [0, 0.05) is 37.6 Å². The molecule has 1 saturated heterocycles. The number of hydrogen-bond donors (Lipinski definition) is 2. The molecule has 35 heavy (non-hydrogen) atoms. The zero-order valence-electron chi connectivity index (χ0n) is 20.3. The summed E-state index contributed by atoms with van der Waals surface area (Å²) in [6, 6.07) is 8.31.